The van der Waals surface area contributed by atoms with Crippen LogP contribution in [0.1, 0.15) is 51.0 Å². The van der Waals surface area contributed by atoms with Crippen molar-refractivity contribution in [2.45, 2.75) is 56.5 Å². The first-order valence-corrected chi connectivity index (χ1v) is 8.96. The zero-order valence-electron chi connectivity index (χ0n) is 14.6. The smallest absolute Gasteiger partial charge is 0.191 e. The Kier molecular flexibility index (Phi) is 6.92. The number of hydrogen-bond donors (Lipinski definition) is 3. The Hall–Kier alpha value is -0.820. The second-order valence-electron chi connectivity index (χ2n) is 7.13. The minimum atomic E-state index is -0.584. The highest BCUT2D eigenvalue weighted by Crippen LogP contribution is 2.47. The molecular weight excluding hydrogens is 413 g/mol. The largest absolute Gasteiger partial charge is 0.388 e. The maximum absolute atomic E-state index is 10.5. The lowest BCUT2D eigenvalue weighted by Crippen LogP contribution is -2.42. The number of aliphatic hydroxyl groups is 1. The zero-order chi connectivity index (χ0) is 16.2. The van der Waals surface area contributed by atoms with Gasteiger partial charge in [-0.25, -0.2) is 0 Å². The number of nitrogens with one attached hydrogen (secondary N) is 2. The van der Waals surface area contributed by atoms with Gasteiger partial charge in [-0.3, -0.25) is 4.99 Å². The second kappa shape index (κ2) is 8.52. The van der Waals surface area contributed by atoms with Gasteiger partial charge in [-0.2, -0.15) is 0 Å². The van der Waals surface area contributed by atoms with Crippen LogP contribution in [0.3, 0.4) is 0 Å². The van der Waals surface area contributed by atoms with Crippen LogP contribution in [0, 0.1) is 0 Å². The third-order valence-electron chi connectivity index (χ3n) is 5.24. The van der Waals surface area contributed by atoms with Gasteiger partial charge < -0.3 is 15.7 Å². The summed E-state index contributed by atoms with van der Waals surface area (Å²) < 4.78 is 0. The Morgan fingerprint density at radius 3 is 2.33 bits per heavy atom. The highest BCUT2D eigenvalue weighted by molar-refractivity contribution is 14.0. The lowest BCUT2D eigenvalue weighted by molar-refractivity contribution is 0.0574. The molecule has 0 spiro atoms. The molecule has 0 heterocycles. The van der Waals surface area contributed by atoms with Crippen LogP contribution >= 0.6 is 24.0 Å². The molecule has 0 radical (unpaired) electrons. The van der Waals surface area contributed by atoms with Gasteiger partial charge in [0.25, 0.3) is 0 Å². The minimum absolute atomic E-state index is 0. The number of rotatable bonds is 6. The van der Waals surface area contributed by atoms with Gasteiger partial charge in [0.1, 0.15) is 0 Å². The lowest BCUT2D eigenvalue weighted by Gasteiger charge is -2.22. The molecule has 2 fully saturated rings. The van der Waals surface area contributed by atoms with Crippen LogP contribution in [0.4, 0.5) is 0 Å². The highest BCUT2D eigenvalue weighted by Gasteiger charge is 2.44. The third kappa shape index (κ3) is 4.85. The molecular formula is C19H30IN3O. The molecule has 0 saturated heterocycles. The first-order valence-electron chi connectivity index (χ1n) is 8.96. The monoisotopic (exact) mass is 443 g/mol. The van der Waals surface area contributed by atoms with E-state index in [0.29, 0.717) is 6.54 Å². The van der Waals surface area contributed by atoms with E-state index in [0.717, 1.165) is 44.7 Å². The van der Waals surface area contributed by atoms with Gasteiger partial charge in [0.2, 0.25) is 0 Å². The molecule has 1 aromatic carbocycles. The predicted molar refractivity (Wildman–Crippen MR) is 110 cm³/mol. The van der Waals surface area contributed by atoms with Crippen molar-refractivity contribution in [1.29, 1.82) is 0 Å². The van der Waals surface area contributed by atoms with Gasteiger partial charge in [-0.15, -0.1) is 24.0 Å². The number of hydrogen-bond acceptors (Lipinski definition) is 2. The molecule has 2 aliphatic rings. The number of aliphatic imine (C=N–C) groups is 1. The maximum Gasteiger partial charge on any atom is 0.191 e. The number of nitrogens with zero attached hydrogens (tertiary/aromatic N) is 1. The van der Waals surface area contributed by atoms with E-state index in [1.807, 2.05) is 0 Å². The average molecular weight is 443 g/mol. The van der Waals surface area contributed by atoms with Crippen molar-refractivity contribution in [2.75, 3.05) is 19.6 Å². The molecule has 2 saturated carbocycles. The number of halogens is 1. The van der Waals surface area contributed by atoms with Gasteiger partial charge in [0.15, 0.2) is 5.96 Å². The molecule has 24 heavy (non-hydrogen) atoms. The van der Waals surface area contributed by atoms with E-state index in [1.54, 1.807) is 0 Å². The number of benzene rings is 1. The standard InChI is InChI=1S/C19H29N3O.HI/c1-2-20-17(22-15-19(23)10-6-7-11-19)21-14-18(12-13-18)16-8-4-3-5-9-16;/h3-5,8-9,23H,2,6-7,10-15H2,1H3,(H2,20,21,22);1H. The SMILES string of the molecule is CCNC(=NCC1(O)CCCC1)NCC1(c2ccccc2)CC1.I. The summed E-state index contributed by atoms with van der Waals surface area (Å²) in [5.41, 5.74) is 1.10. The molecule has 2 aliphatic carbocycles. The summed E-state index contributed by atoms with van der Waals surface area (Å²) in [6.07, 6.45) is 6.45. The van der Waals surface area contributed by atoms with E-state index in [9.17, 15) is 5.11 Å². The lowest BCUT2D eigenvalue weighted by atomic mass is 9.96. The molecule has 3 N–H and O–H groups in total. The molecule has 4 nitrogen and oxygen atoms in total. The quantitative estimate of drug-likeness (QED) is 0.360. The summed E-state index contributed by atoms with van der Waals surface area (Å²) in [7, 11) is 0. The zero-order valence-corrected chi connectivity index (χ0v) is 16.9. The summed E-state index contributed by atoms with van der Waals surface area (Å²) in [5, 5.41) is 17.3. The van der Waals surface area contributed by atoms with Gasteiger partial charge in [-0.1, -0.05) is 43.2 Å². The predicted octanol–water partition coefficient (Wildman–Crippen LogP) is 3.20. The third-order valence-corrected chi connectivity index (χ3v) is 5.24. The van der Waals surface area contributed by atoms with Crippen LogP contribution in [-0.2, 0) is 5.41 Å². The van der Waals surface area contributed by atoms with Crippen molar-refractivity contribution in [3.8, 4) is 0 Å². The Labute approximate surface area is 162 Å². The molecule has 134 valence electrons. The highest BCUT2D eigenvalue weighted by atomic mass is 127. The van der Waals surface area contributed by atoms with E-state index in [-0.39, 0.29) is 29.4 Å². The van der Waals surface area contributed by atoms with Crippen molar-refractivity contribution >= 4 is 29.9 Å². The van der Waals surface area contributed by atoms with Crippen LogP contribution in [0.5, 0.6) is 0 Å². The Bertz CT molecular complexity index is 537. The van der Waals surface area contributed by atoms with E-state index >= 15 is 0 Å². The summed E-state index contributed by atoms with van der Waals surface area (Å²) in [5.74, 6) is 0.829. The van der Waals surface area contributed by atoms with E-state index in [1.165, 1.54) is 18.4 Å². The van der Waals surface area contributed by atoms with Crippen molar-refractivity contribution in [3.63, 3.8) is 0 Å². The first kappa shape index (κ1) is 19.5. The molecule has 1 aromatic rings. The summed E-state index contributed by atoms with van der Waals surface area (Å²) in [4.78, 5) is 4.64. The van der Waals surface area contributed by atoms with Crippen LogP contribution in [0.2, 0.25) is 0 Å². The molecule has 3 rings (SSSR count). The number of guanidine groups is 1. The molecule has 0 atom stereocenters. The molecule has 0 aromatic heterocycles. The Morgan fingerprint density at radius 2 is 1.75 bits per heavy atom. The summed E-state index contributed by atoms with van der Waals surface area (Å²) >= 11 is 0. The van der Waals surface area contributed by atoms with Crippen molar-refractivity contribution in [2.24, 2.45) is 4.99 Å². The Balaban J connectivity index is 0.00000208. The van der Waals surface area contributed by atoms with E-state index in [2.05, 4.69) is 52.9 Å². The Morgan fingerprint density at radius 1 is 1.08 bits per heavy atom. The van der Waals surface area contributed by atoms with Crippen molar-refractivity contribution in [1.82, 2.24) is 10.6 Å². The fourth-order valence-electron chi connectivity index (χ4n) is 3.52. The van der Waals surface area contributed by atoms with Gasteiger partial charge in [-0.05, 0) is 38.2 Å². The fraction of sp³-hybridized carbons (Fsp3) is 0.632. The van der Waals surface area contributed by atoms with Gasteiger partial charge in [0.05, 0.1) is 12.1 Å². The van der Waals surface area contributed by atoms with Crippen LogP contribution in [-0.4, -0.2) is 36.3 Å². The molecule has 0 bridgehead atoms. The molecule has 0 unspecified atom stereocenters. The van der Waals surface area contributed by atoms with Crippen LogP contribution in [0.15, 0.2) is 35.3 Å². The minimum Gasteiger partial charge on any atom is -0.388 e. The average Bonchev–Trinajstić information content (AvgIpc) is 3.25. The topological polar surface area (TPSA) is 56.7 Å². The summed E-state index contributed by atoms with van der Waals surface area (Å²) in [6.45, 7) is 4.32. The fourth-order valence-corrected chi connectivity index (χ4v) is 3.52. The molecule has 0 aliphatic heterocycles. The van der Waals surface area contributed by atoms with Crippen LogP contribution in [0.25, 0.3) is 0 Å². The molecule has 5 heteroatoms. The van der Waals surface area contributed by atoms with E-state index in [4.69, 9.17) is 0 Å². The van der Waals surface area contributed by atoms with Gasteiger partial charge in [0, 0.05) is 18.5 Å². The second-order valence-corrected chi connectivity index (χ2v) is 7.13. The molecule has 0 amide bonds. The first-order chi connectivity index (χ1) is 11.2. The maximum atomic E-state index is 10.5. The van der Waals surface area contributed by atoms with Crippen molar-refractivity contribution in [3.05, 3.63) is 35.9 Å². The normalized spacial score (nSPS) is 21.0. The van der Waals surface area contributed by atoms with Gasteiger partial charge >= 0.3 is 0 Å². The van der Waals surface area contributed by atoms with Crippen molar-refractivity contribution < 1.29 is 5.11 Å². The van der Waals surface area contributed by atoms with Crippen LogP contribution < -0.4 is 10.6 Å². The summed E-state index contributed by atoms with van der Waals surface area (Å²) in [6, 6.07) is 10.7. The van der Waals surface area contributed by atoms with E-state index < -0.39 is 5.60 Å².